The Morgan fingerprint density at radius 3 is 2.62 bits per heavy atom. The third kappa shape index (κ3) is 5.02. The van der Waals surface area contributed by atoms with E-state index in [0.717, 1.165) is 51.4 Å². The van der Waals surface area contributed by atoms with E-state index in [9.17, 15) is 4.79 Å². The van der Waals surface area contributed by atoms with Crippen molar-refractivity contribution in [2.75, 3.05) is 44.7 Å². The number of carbonyl (C=O) groups is 1. The van der Waals surface area contributed by atoms with Gasteiger partial charge in [-0.05, 0) is 50.0 Å². The molecule has 6 heteroatoms. The Bertz CT molecular complexity index is 689. The van der Waals surface area contributed by atoms with Crippen LogP contribution in [-0.4, -0.2) is 60.8 Å². The van der Waals surface area contributed by atoms with Gasteiger partial charge in [-0.1, -0.05) is 30.3 Å². The predicted molar refractivity (Wildman–Crippen MR) is 103 cm³/mol. The van der Waals surface area contributed by atoms with Gasteiger partial charge < -0.3 is 15.1 Å². The Morgan fingerprint density at radius 2 is 1.88 bits per heavy atom. The van der Waals surface area contributed by atoms with Crippen molar-refractivity contribution in [1.29, 1.82) is 0 Å². The molecule has 1 aromatic carbocycles. The van der Waals surface area contributed by atoms with Crippen LogP contribution in [0.25, 0.3) is 0 Å². The lowest BCUT2D eigenvalue weighted by molar-refractivity contribution is 0.0957. The fourth-order valence-corrected chi connectivity index (χ4v) is 3.32. The van der Waals surface area contributed by atoms with E-state index in [0.29, 0.717) is 5.69 Å². The summed E-state index contributed by atoms with van der Waals surface area (Å²) in [5.74, 6) is 0.647. The molecular formula is C20H27N5O. The number of aryl methyl sites for hydroxylation is 1. The average Bonchev–Trinajstić information content (AvgIpc) is 2.94. The van der Waals surface area contributed by atoms with E-state index < -0.39 is 0 Å². The standard InChI is InChI=1S/C20H27N5O/c1-21-20(26)18-10-11-19(23-22-18)25-14-6-13-24(15-16-25)12-5-9-17-7-3-2-4-8-17/h2-4,7-8,10-11H,5-6,9,12-16H2,1H3,(H,21,26). The van der Waals surface area contributed by atoms with Crippen LogP contribution in [0.15, 0.2) is 42.5 Å². The fraction of sp³-hybridized carbons (Fsp3) is 0.450. The topological polar surface area (TPSA) is 61.4 Å². The van der Waals surface area contributed by atoms with E-state index in [2.05, 4.69) is 55.6 Å². The van der Waals surface area contributed by atoms with Crippen LogP contribution < -0.4 is 10.2 Å². The van der Waals surface area contributed by atoms with Gasteiger partial charge in [-0.3, -0.25) is 4.79 Å². The Labute approximate surface area is 155 Å². The summed E-state index contributed by atoms with van der Waals surface area (Å²) in [4.78, 5) is 16.4. The quantitative estimate of drug-likeness (QED) is 0.860. The third-order valence-electron chi connectivity index (χ3n) is 4.81. The first-order chi connectivity index (χ1) is 12.8. The van der Waals surface area contributed by atoms with E-state index in [4.69, 9.17) is 0 Å². The molecule has 6 nitrogen and oxygen atoms in total. The number of nitrogens with zero attached hydrogens (tertiary/aromatic N) is 4. The lowest BCUT2D eigenvalue weighted by Crippen LogP contribution is -2.32. The van der Waals surface area contributed by atoms with Crippen molar-refractivity contribution in [3.8, 4) is 0 Å². The number of anilines is 1. The zero-order chi connectivity index (χ0) is 18.2. The molecule has 0 aliphatic carbocycles. The van der Waals surface area contributed by atoms with Crippen LogP contribution in [0.2, 0.25) is 0 Å². The molecule has 0 radical (unpaired) electrons. The summed E-state index contributed by atoms with van der Waals surface area (Å²) >= 11 is 0. The van der Waals surface area contributed by atoms with Crippen LogP contribution in [0, 0.1) is 0 Å². The second kappa shape index (κ2) is 9.29. The first kappa shape index (κ1) is 18.3. The molecule has 1 N–H and O–H groups in total. The second-order valence-electron chi connectivity index (χ2n) is 6.63. The Kier molecular flexibility index (Phi) is 6.55. The van der Waals surface area contributed by atoms with Crippen molar-refractivity contribution in [3.05, 3.63) is 53.7 Å². The molecule has 3 rings (SSSR count). The highest BCUT2D eigenvalue weighted by atomic mass is 16.1. The maximum Gasteiger partial charge on any atom is 0.271 e. The number of benzene rings is 1. The lowest BCUT2D eigenvalue weighted by Gasteiger charge is -2.22. The number of aromatic nitrogens is 2. The van der Waals surface area contributed by atoms with Gasteiger partial charge in [0.1, 0.15) is 0 Å². The molecule has 1 amide bonds. The predicted octanol–water partition coefficient (Wildman–Crippen LogP) is 1.98. The summed E-state index contributed by atoms with van der Waals surface area (Å²) in [6.45, 7) is 5.20. The zero-order valence-corrected chi connectivity index (χ0v) is 15.4. The minimum atomic E-state index is -0.204. The van der Waals surface area contributed by atoms with Crippen molar-refractivity contribution in [2.24, 2.45) is 0 Å². The molecule has 1 fully saturated rings. The number of nitrogens with one attached hydrogen (secondary N) is 1. The van der Waals surface area contributed by atoms with E-state index in [1.807, 2.05) is 6.07 Å². The minimum absolute atomic E-state index is 0.204. The van der Waals surface area contributed by atoms with Gasteiger partial charge in [-0.25, -0.2) is 0 Å². The summed E-state index contributed by atoms with van der Waals surface area (Å²) in [5, 5.41) is 10.8. The fourth-order valence-electron chi connectivity index (χ4n) is 3.32. The molecule has 26 heavy (non-hydrogen) atoms. The summed E-state index contributed by atoms with van der Waals surface area (Å²) < 4.78 is 0. The van der Waals surface area contributed by atoms with E-state index in [1.54, 1.807) is 13.1 Å². The molecule has 1 aromatic heterocycles. The summed E-state index contributed by atoms with van der Waals surface area (Å²) in [5.41, 5.74) is 1.77. The highest BCUT2D eigenvalue weighted by Gasteiger charge is 2.16. The number of carbonyl (C=O) groups excluding carboxylic acids is 1. The number of amides is 1. The van der Waals surface area contributed by atoms with Crippen molar-refractivity contribution in [3.63, 3.8) is 0 Å². The average molecular weight is 353 g/mol. The molecule has 1 aliphatic heterocycles. The molecule has 0 saturated carbocycles. The first-order valence-electron chi connectivity index (χ1n) is 9.33. The van der Waals surface area contributed by atoms with Crippen LogP contribution in [-0.2, 0) is 6.42 Å². The van der Waals surface area contributed by atoms with Crippen molar-refractivity contribution in [1.82, 2.24) is 20.4 Å². The number of rotatable bonds is 6. The molecule has 0 bridgehead atoms. The van der Waals surface area contributed by atoms with E-state index in [-0.39, 0.29) is 5.91 Å². The van der Waals surface area contributed by atoms with Crippen LogP contribution >= 0.6 is 0 Å². The monoisotopic (exact) mass is 353 g/mol. The van der Waals surface area contributed by atoms with Crippen molar-refractivity contribution >= 4 is 11.7 Å². The van der Waals surface area contributed by atoms with Gasteiger partial charge in [0.2, 0.25) is 0 Å². The minimum Gasteiger partial charge on any atom is -0.354 e. The zero-order valence-electron chi connectivity index (χ0n) is 15.4. The highest BCUT2D eigenvalue weighted by Crippen LogP contribution is 2.14. The first-order valence-corrected chi connectivity index (χ1v) is 9.33. The molecule has 2 aromatic rings. The third-order valence-corrected chi connectivity index (χ3v) is 4.81. The molecule has 1 aliphatic rings. The van der Waals surface area contributed by atoms with E-state index >= 15 is 0 Å². The summed E-state index contributed by atoms with van der Waals surface area (Å²) in [6, 6.07) is 14.3. The normalized spacial score (nSPS) is 15.5. The molecule has 0 atom stereocenters. The van der Waals surface area contributed by atoms with Gasteiger partial charge >= 0.3 is 0 Å². The molecular weight excluding hydrogens is 326 g/mol. The Hall–Kier alpha value is -2.47. The van der Waals surface area contributed by atoms with Gasteiger partial charge in [0.05, 0.1) is 0 Å². The maximum atomic E-state index is 11.6. The lowest BCUT2D eigenvalue weighted by atomic mass is 10.1. The smallest absolute Gasteiger partial charge is 0.271 e. The summed E-state index contributed by atoms with van der Waals surface area (Å²) in [6.07, 6.45) is 3.43. The second-order valence-corrected chi connectivity index (χ2v) is 6.63. The largest absolute Gasteiger partial charge is 0.354 e. The van der Waals surface area contributed by atoms with Gasteiger partial charge in [0.15, 0.2) is 11.5 Å². The number of hydrogen-bond acceptors (Lipinski definition) is 5. The van der Waals surface area contributed by atoms with E-state index in [1.165, 1.54) is 12.0 Å². The van der Waals surface area contributed by atoms with Crippen LogP contribution in [0.4, 0.5) is 5.82 Å². The molecule has 1 saturated heterocycles. The van der Waals surface area contributed by atoms with Crippen molar-refractivity contribution < 1.29 is 4.79 Å². The van der Waals surface area contributed by atoms with Gasteiger partial charge in [0, 0.05) is 26.7 Å². The van der Waals surface area contributed by atoms with Crippen LogP contribution in [0.3, 0.4) is 0 Å². The van der Waals surface area contributed by atoms with Crippen LogP contribution in [0.1, 0.15) is 28.9 Å². The molecule has 0 unspecified atom stereocenters. The number of hydrogen-bond donors (Lipinski definition) is 1. The summed E-state index contributed by atoms with van der Waals surface area (Å²) in [7, 11) is 1.60. The van der Waals surface area contributed by atoms with Gasteiger partial charge in [0.25, 0.3) is 5.91 Å². The highest BCUT2D eigenvalue weighted by molar-refractivity contribution is 5.91. The Balaban J connectivity index is 1.47. The Morgan fingerprint density at radius 1 is 1.04 bits per heavy atom. The van der Waals surface area contributed by atoms with Gasteiger partial charge in [-0.15, -0.1) is 10.2 Å². The van der Waals surface area contributed by atoms with Crippen molar-refractivity contribution in [2.45, 2.75) is 19.3 Å². The van der Waals surface area contributed by atoms with Crippen LogP contribution in [0.5, 0.6) is 0 Å². The SMILES string of the molecule is CNC(=O)c1ccc(N2CCCN(CCCc3ccccc3)CC2)nn1. The molecule has 2 heterocycles. The van der Waals surface area contributed by atoms with Gasteiger partial charge in [-0.2, -0.15) is 0 Å². The maximum absolute atomic E-state index is 11.6. The molecule has 138 valence electrons. The molecule has 0 spiro atoms.